The van der Waals surface area contributed by atoms with Crippen molar-refractivity contribution >= 4 is 46.4 Å². The van der Waals surface area contributed by atoms with Gasteiger partial charge in [-0.1, -0.05) is 46.9 Å². The van der Waals surface area contributed by atoms with E-state index in [0.717, 1.165) is 37.1 Å². The minimum absolute atomic E-state index is 0.0345. The van der Waals surface area contributed by atoms with Crippen LogP contribution in [0.25, 0.3) is 0 Å². The zero-order valence-electron chi connectivity index (χ0n) is 15.9. The van der Waals surface area contributed by atoms with E-state index in [0.29, 0.717) is 28.3 Å². The third-order valence-electron chi connectivity index (χ3n) is 5.72. The average Bonchev–Trinajstić information content (AvgIpc) is 3.24. The van der Waals surface area contributed by atoms with Gasteiger partial charge in [-0.05, 0) is 55.2 Å². The van der Waals surface area contributed by atoms with E-state index in [-0.39, 0.29) is 23.9 Å². The quantitative estimate of drug-likeness (QED) is 0.663. The van der Waals surface area contributed by atoms with Crippen LogP contribution >= 0.6 is 34.8 Å². The number of nitrogens with one attached hydrogen (secondary N) is 1. The number of benzene rings is 2. The van der Waals surface area contributed by atoms with Gasteiger partial charge < -0.3 is 15.0 Å². The molecule has 2 aromatic rings. The second kappa shape index (κ2) is 9.13. The zero-order chi connectivity index (χ0) is 20.4. The van der Waals surface area contributed by atoms with Gasteiger partial charge in [-0.25, -0.2) is 0 Å². The van der Waals surface area contributed by atoms with Crippen molar-refractivity contribution in [1.29, 1.82) is 0 Å². The van der Waals surface area contributed by atoms with E-state index in [9.17, 15) is 4.79 Å². The summed E-state index contributed by atoms with van der Waals surface area (Å²) in [7, 11) is 0. The van der Waals surface area contributed by atoms with Gasteiger partial charge in [0.15, 0.2) is 0 Å². The highest BCUT2D eigenvalue weighted by molar-refractivity contribution is 6.36. The highest BCUT2D eigenvalue weighted by Crippen LogP contribution is 2.39. The minimum atomic E-state index is -0.0345. The molecular weight excluding hydrogens is 431 g/mol. The second-order valence-electron chi connectivity index (χ2n) is 7.65. The van der Waals surface area contributed by atoms with Crippen molar-refractivity contribution < 1.29 is 9.53 Å². The van der Waals surface area contributed by atoms with E-state index < -0.39 is 0 Å². The fourth-order valence-corrected chi connectivity index (χ4v) is 4.80. The Morgan fingerprint density at radius 3 is 2.48 bits per heavy atom. The van der Waals surface area contributed by atoms with Gasteiger partial charge in [0.2, 0.25) is 5.91 Å². The molecule has 0 aromatic heterocycles. The Morgan fingerprint density at radius 1 is 1.03 bits per heavy atom. The molecule has 2 aromatic carbocycles. The number of halogens is 3. The predicted octanol–water partition coefficient (Wildman–Crippen LogP) is 5.51. The van der Waals surface area contributed by atoms with E-state index >= 15 is 0 Å². The molecule has 7 heteroatoms. The Labute approximate surface area is 186 Å². The number of nitrogens with zero attached hydrogens (tertiary/aromatic N) is 1. The molecule has 2 saturated heterocycles. The molecule has 0 spiro atoms. The number of piperidine rings is 1. The van der Waals surface area contributed by atoms with Crippen molar-refractivity contribution in [3.05, 3.63) is 63.1 Å². The molecule has 3 unspecified atom stereocenters. The lowest BCUT2D eigenvalue weighted by molar-refractivity contribution is -0.125. The van der Waals surface area contributed by atoms with Crippen molar-refractivity contribution in [3.63, 3.8) is 0 Å². The maximum Gasteiger partial charge on any atom is 0.225 e. The number of anilines is 1. The standard InChI is InChI=1S/C22H23Cl3N2O2/c23-16-3-1-14(2-4-16)21-12-18(26-22(28)15-8-10-29-13-15)7-9-27(21)20-6-5-17(24)11-19(20)25/h1-6,11,15,18,21H,7-10,12-13H2,(H,26,28). The molecule has 29 heavy (non-hydrogen) atoms. The van der Waals surface area contributed by atoms with Gasteiger partial charge >= 0.3 is 0 Å². The molecule has 2 aliphatic rings. The molecule has 0 saturated carbocycles. The van der Waals surface area contributed by atoms with Crippen molar-refractivity contribution in [3.8, 4) is 0 Å². The summed E-state index contributed by atoms with van der Waals surface area (Å²) in [4.78, 5) is 14.9. The number of rotatable bonds is 4. The molecule has 4 nitrogen and oxygen atoms in total. The van der Waals surface area contributed by atoms with Gasteiger partial charge in [-0.3, -0.25) is 4.79 Å². The lowest BCUT2D eigenvalue weighted by Crippen LogP contribution is -2.48. The van der Waals surface area contributed by atoms with Crippen LogP contribution in [0, 0.1) is 5.92 Å². The number of carbonyl (C=O) groups excluding carboxylic acids is 1. The predicted molar refractivity (Wildman–Crippen MR) is 118 cm³/mol. The lowest BCUT2D eigenvalue weighted by atomic mass is 9.90. The molecule has 1 amide bonds. The number of hydrogen-bond donors (Lipinski definition) is 1. The normalized spacial score (nSPS) is 24.5. The summed E-state index contributed by atoms with van der Waals surface area (Å²) in [5.74, 6) is 0.0630. The summed E-state index contributed by atoms with van der Waals surface area (Å²) >= 11 is 18.7. The van der Waals surface area contributed by atoms with Crippen molar-refractivity contribution in [2.24, 2.45) is 5.92 Å². The summed E-state index contributed by atoms with van der Waals surface area (Å²) < 4.78 is 5.36. The molecule has 4 rings (SSSR count). The fraction of sp³-hybridized carbons (Fsp3) is 0.409. The first-order chi connectivity index (χ1) is 14.0. The Kier molecular flexibility index (Phi) is 6.55. The SMILES string of the molecule is O=C(NC1CCN(c2ccc(Cl)cc2Cl)C(c2ccc(Cl)cc2)C1)C1CCOC1. The first kappa shape index (κ1) is 20.8. The van der Waals surface area contributed by atoms with Gasteiger partial charge in [0.25, 0.3) is 0 Å². The topological polar surface area (TPSA) is 41.6 Å². The molecule has 2 aliphatic heterocycles. The maximum absolute atomic E-state index is 12.6. The highest BCUT2D eigenvalue weighted by atomic mass is 35.5. The largest absolute Gasteiger partial charge is 0.381 e. The fourth-order valence-electron chi connectivity index (χ4n) is 4.16. The summed E-state index contributed by atoms with van der Waals surface area (Å²) in [6.45, 7) is 1.96. The summed E-state index contributed by atoms with van der Waals surface area (Å²) in [6.07, 6.45) is 2.44. The summed E-state index contributed by atoms with van der Waals surface area (Å²) in [6, 6.07) is 13.6. The number of carbonyl (C=O) groups is 1. The third kappa shape index (κ3) is 4.83. The van der Waals surface area contributed by atoms with Crippen molar-refractivity contribution in [2.45, 2.75) is 31.3 Å². The monoisotopic (exact) mass is 452 g/mol. The molecule has 2 heterocycles. The van der Waals surface area contributed by atoms with Crippen LogP contribution in [0.4, 0.5) is 5.69 Å². The molecule has 2 fully saturated rings. The van der Waals surface area contributed by atoms with Crippen molar-refractivity contribution in [1.82, 2.24) is 5.32 Å². The number of ether oxygens (including phenoxy) is 1. The molecule has 1 N–H and O–H groups in total. The Bertz CT molecular complexity index is 869. The van der Waals surface area contributed by atoms with E-state index in [1.807, 2.05) is 36.4 Å². The molecule has 0 radical (unpaired) electrons. The van der Waals surface area contributed by atoms with E-state index in [2.05, 4.69) is 10.2 Å². The second-order valence-corrected chi connectivity index (χ2v) is 8.93. The van der Waals surface area contributed by atoms with Crippen LogP contribution in [0.5, 0.6) is 0 Å². The Hall–Kier alpha value is -1.46. The zero-order valence-corrected chi connectivity index (χ0v) is 18.2. The molecule has 3 atom stereocenters. The van der Waals surface area contributed by atoms with Gasteiger partial charge in [-0.15, -0.1) is 0 Å². The van der Waals surface area contributed by atoms with Crippen LogP contribution < -0.4 is 10.2 Å². The average molecular weight is 454 g/mol. The third-order valence-corrected chi connectivity index (χ3v) is 6.51. The van der Waals surface area contributed by atoms with Gasteiger partial charge in [0.05, 0.1) is 29.3 Å². The minimum Gasteiger partial charge on any atom is -0.381 e. The van der Waals surface area contributed by atoms with Crippen LogP contribution in [-0.2, 0) is 9.53 Å². The van der Waals surface area contributed by atoms with Crippen LogP contribution in [0.2, 0.25) is 15.1 Å². The van der Waals surface area contributed by atoms with Gasteiger partial charge in [-0.2, -0.15) is 0 Å². The van der Waals surface area contributed by atoms with Crippen LogP contribution in [0.3, 0.4) is 0 Å². The van der Waals surface area contributed by atoms with Gasteiger partial charge in [0.1, 0.15) is 0 Å². The van der Waals surface area contributed by atoms with Crippen LogP contribution in [-0.4, -0.2) is 31.7 Å². The van der Waals surface area contributed by atoms with Crippen LogP contribution in [0.1, 0.15) is 30.9 Å². The number of hydrogen-bond acceptors (Lipinski definition) is 3. The molecule has 154 valence electrons. The van der Waals surface area contributed by atoms with Crippen molar-refractivity contribution in [2.75, 3.05) is 24.7 Å². The van der Waals surface area contributed by atoms with E-state index in [4.69, 9.17) is 39.5 Å². The Morgan fingerprint density at radius 2 is 1.79 bits per heavy atom. The molecular formula is C22H23Cl3N2O2. The van der Waals surface area contributed by atoms with E-state index in [1.54, 1.807) is 6.07 Å². The highest BCUT2D eigenvalue weighted by Gasteiger charge is 2.33. The summed E-state index contributed by atoms with van der Waals surface area (Å²) in [5, 5.41) is 5.18. The number of amides is 1. The maximum atomic E-state index is 12.6. The first-order valence-corrected chi connectivity index (χ1v) is 11.0. The van der Waals surface area contributed by atoms with E-state index in [1.165, 1.54) is 0 Å². The first-order valence-electron chi connectivity index (χ1n) is 9.86. The Balaban J connectivity index is 1.57. The van der Waals surface area contributed by atoms with Gasteiger partial charge in [0, 0.05) is 29.2 Å². The summed E-state index contributed by atoms with van der Waals surface area (Å²) in [5.41, 5.74) is 2.09. The molecule has 0 bridgehead atoms. The smallest absolute Gasteiger partial charge is 0.225 e. The van der Waals surface area contributed by atoms with Crippen LogP contribution in [0.15, 0.2) is 42.5 Å². The lowest BCUT2D eigenvalue weighted by Gasteiger charge is -2.42. The molecule has 0 aliphatic carbocycles.